The molecule has 0 fully saturated rings. The van der Waals surface area contributed by atoms with Gasteiger partial charge < -0.3 is 4.74 Å². The van der Waals surface area contributed by atoms with Crippen LogP contribution in [0.2, 0.25) is 0 Å². The molecule has 0 aliphatic heterocycles. The molecule has 0 saturated heterocycles. The molecule has 3 rings (SSSR count). The minimum absolute atomic E-state index is 0.499. The number of hydrogen-bond acceptors (Lipinski definition) is 3. The molecule has 0 spiro atoms. The molecule has 2 nitrogen and oxygen atoms in total. The number of thiazole rings is 1. The molecule has 1 aromatic heterocycles. The fourth-order valence-electron chi connectivity index (χ4n) is 2.03. The quantitative estimate of drug-likeness (QED) is 0.613. The Labute approximate surface area is 129 Å². The highest BCUT2D eigenvalue weighted by atomic mass is 32.1. The average Bonchev–Trinajstić information content (AvgIpc) is 2.99. The van der Waals surface area contributed by atoms with Crippen molar-refractivity contribution in [3.05, 3.63) is 65.7 Å². The van der Waals surface area contributed by atoms with E-state index in [0.717, 1.165) is 22.1 Å². The van der Waals surface area contributed by atoms with Gasteiger partial charge in [0.25, 0.3) is 0 Å². The lowest BCUT2D eigenvalue weighted by molar-refractivity contribution is 0.484. The maximum absolute atomic E-state index is 6.00. The second-order valence-electron chi connectivity index (χ2n) is 5.13. The Morgan fingerprint density at radius 1 is 0.952 bits per heavy atom. The number of para-hydroxylation sites is 2. The van der Waals surface area contributed by atoms with Crippen LogP contribution in [0.5, 0.6) is 11.5 Å². The first kappa shape index (κ1) is 13.8. The fourth-order valence-corrected chi connectivity index (χ4v) is 2.97. The van der Waals surface area contributed by atoms with E-state index in [1.54, 1.807) is 11.3 Å². The maximum atomic E-state index is 6.00. The summed E-state index contributed by atoms with van der Waals surface area (Å²) in [5.74, 6) is 2.18. The van der Waals surface area contributed by atoms with Crippen molar-refractivity contribution in [1.82, 2.24) is 4.98 Å². The van der Waals surface area contributed by atoms with Crippen LogP contribution in [0.4, 0.5) is 0 Å². The van der Waals surface area contributed by atoms with E-state index in [9.17, 15) is 0 Å². The van der Waals surface area contributed by atoms with Gasteiger partial charge in [-0.1, -0.05) is 44.2 Å². The summed E-state index contributed by atoms with van der Waals surface area (Å²) in [6.07, 6.45) is 1.96. The molecular formula is C18H17NOS. The van der Waals surface area contributed by atoms with Gasteiger partial charge in [0.2, 0.25) is 0 Å². The Kier molecular flexibility index (Phi) is 4.02. The van der Waals surface area contributed by atoms with Crippen molar-refractivity contribution in [3.63, 3.8) is 0 Å². The number of hydrogen-bond donors (Lipinski definition) is 0. The Hall–Kier alpha value is -2.13. The smallest absolute Gasteiger partial charge is 0.137 e. The van der Waals surface area contributed by atoms with Crippen LogP contribution in [-0.2, 0) is 0 Å². The van der Waals surface area contributed by atoms with E-state index in [0.29, 0.717) is 5.92 Å². The summed E-state index contributed by atoms with van der Waals surface area (Å²) in [6.45, 7) is 4.37. The lowest BCUT2D eigenvalue weighted by Crippen LogP contribution is -1.87. The molecule has 0 radical (unpaired) electrons. The Bertz CT molecular complexity index is 719. The Morgan fingerprint density at radius 3 is 2.38 bits per heavy atom. The standard InChI is InChI=1S/C18H17NOS/c1-13(2)17-12-19-18(21-17)15-10-6-7-11-16(15)20-14-8-4-3-5-9-14/h3-13H,1-2H3. The van der Waals surface area contributed by atoms with Gasteiger partial charge in [-0.2, -0.15) is 0 Å². The van der Waals surface area contributed by atoms with Gasteiger partial charge in [-0.15, -0.1) is 11.3 Å². The van der Waals surface area contributed by atoms with Crippen molar-refractivity contribution in [2.45, 2.75) is 19.8 Å². The maximum Gasteiger partial charge on any atom is 0.137 e. The first-order valence-electron chi connectivity index (χ1n) is 7.02. The van der Waals surface area contributed by atoms with Gasteiger partial charge in [0, 0.05) is 11.1 Å². The Morgan fingerprint density at radius 2 is 1.67 bits per heavy atom. The highest BCUT2D eigenvalue weighted by Crippen LogP contribution is 2.36. The number of benzene rings is 2. The number of rotatable bonds is 4. The zero-order chi connectivity index (χ0) is 14.7. The summed E-state index contributed by atoms with van der Waals surface area (Å²) in [5.41, 5.74) is 1.04. The van der Waals surface area contributed by atoms with Crippen LogP contribution in [0.3, 0.4) is 0 Å². The van der Waals surface area contributed by atoms with Gasteiger partial charge in [0.15, 0.2) is 0 Å². The van der Waals surface area contributed by atoms with E-state index in [1.807, 2.05) is 54.7 Å². The molecule has 0 aliphatic carbocycles. The molecule has 0 bridgehead atoms. The first-order valence-corrected chi connectivity index (χ1v) is 7.83. The van der Waals surface area contributed by atoms with Crippen LogP contribution >= 0.6 is 11.3 Å². The van der Waals surface area contributed by atoms with E-state index < -0.39 is 0 Å². The van der Waals surface area contributed by atoms with Crippen molar-refractivity contribution in [2.24, 2.45) is 0 Å². The van der Waals surface area contributed by atoms with E-state index in [2.05, 4.69) is 24.9 Å². The monoisotopic (exact) mass is 295 g/mol. The first-order chi connectivity index (χ1) is 10.2. The van der Waals surface area contributed by atoms with Gasteiger partial charge >= 0.3 is 0 Å². The second kappa shape index (κ2) is 6.10. The summed E-state index contributed by atoms with van der Waals surface area (Å²) in [6, 6.07) is 17.9. The zero-order valence-corrected chi connectivity index (χ0v) is 12.9. The van der Waals surface area contributed by atoms with Crippen molar-refractivity contribution < 1.29 is 4.74 Å². The van der Waals surface area contributed by atoms with Crippen LogP contribution in [0.1, 0.15) is 24.6 Å². The van der Waals surface area contributed by atoms with Crippen molar-refractivity contribution >= 4 is 11.3 Å². The van der Waals surface area contributed by atoms with Gasteiger partial charge in [0.05, 0.1) is 5.56 Å². The number of nitrogens with zero attached hydrogens (tertiary/aromatic N) is 1. The summed E-state index contributed by atoms with van der Waals surface area (Å²) in [5, 5.41) is 1.00. The Balaban J connectivity index is 1.95. The highest BCUT2D eigenvalue weighted by molar-refractivity contribution is 7.15. The predicted molar refractivity (Wildman–Crippen MR) is 88.2 cm³/mol. The molecule has 0 unspecified atom stereocenters. The van der Waals surface area contributed by atoms with Gasteiger partial charge in [-0.3, -0.25) is 0 Å². The van der Waals surface area contributed by atoms with Gasteiger partial charge in [-0.05, 0) is 30.2 Å². The van der Waals surface area contributed by atoms with E-state index in [-0.39, 0.29) is 0 Å². The third-order valence-electron chi connectivity index (χ3n) is 3.18. The molecule has 0 saturated carbocycles. The van der Waals surface area contributed by atoms with Crippen LogP contribution in [0.25, 0.3) is 10.6 Å². The molecule has 3 aromatic rings. The fraction of sp³-hybridized carbons (Fsp3) is 0.167. The van der Waals surface area contributed by atoms with Crippen molar-refractivity contribution in [1.29, 1.82) is 0 Å². The topological polar surface area (TPSA) is 22.1 Å². The average molecular weight is 295 g/mol. The summed E-state index contributed by atoms with van der Waals surface area (Å²) in [7, 11) is 0. The predicted octanol–water partition coefficient (Wildman–Crippen LogP) is 5.73. The largest absolute Gasteiger partial charge is 0.457 e. The number of ether oxygens (including phenoxy) is 1. The zero-order valence-electron chi connectivity index (χ0n) is 12.1. The summed E-state index contributed by atoms with van der Waals surface area (Å²) < 4.78 is 6.00. The molecule has 1 heterocycles. The van der Waals surface area contributed by atoms with E-state index in [4.69, 9.17) is 4.74 Å². The molecule has 21 heavy (non-hydrogen) atoms. The summed E-state index contributed by atoms with van der Waals surface area (Å²) in [4.78, 5) is 5.84. The molecule has 0 amide bonds. The third-order valence-corrected chi connectivity index (χ3v) is 4.51. The van der Waals surface area contributed by atoms with E-state index in [1.165, 1.54) is 4.88 Å². The SMILES string of the molecule is CC(C)c1cnc(-c2ccccc2Oc2ccccc2)s1. The molecule has 0 atom stereocenters. The molecule has 0 N–H and O–H groups in total. The van der Waals surface area contributed by atoms with Crippen molar-refractivity contribution in [2.75, 3.05) is 0 Å². The minimum atomic E-state index is 0.499. The lowest BCUT2D eigenvalue weighted by Gasteiger charge is -2.09. The second-order valence-corrected chi connectivity index (χ2v) is 6.20. The van der Waals surface area contributed by atoms with Crippen LogP contribution in [-0.4, -0.2) is 4.98 Å². The summed E-state index contributed by atoms with van der Waals surface area (Å²) >= 11 is 1.73. The normalized spacial score (nSPS) is 10.8. The van der Waals surface area contributed by atoms with Gasteiger partial charge in [0.1, 0.15) is 16.5 Å². The van der Waals surface area contributed by atoms with Crippen molar-refractivity contribution in [3.8, 4) is 22.1 Å². The van der Waals surface area contributed by atoms with Crippen LogP contribution < -0.4 is 4.74 Å². The van der Waals surface area contributed by atoms with Gasteiger partial charge in [-0.25, -0.2) is 4.98 Å². The highest BCUT2D eigenvalue weighted by Gasteiger charge is 2.12. The molecule has 106 valence electrons. The van der Waals surface area contributed by atoms with Crippen LogP contribution in [0.15, 0.2) is 60.8 Å². The number of aromatic nitrogens is 1. The molecule has 2 aromatic carbocycles. The third kappa shape index (κ3) is 3.14. The van der Waals surface area contributed by atoms with E-state index >= 15 is 0 Å². The molecule has 0 aliphatic rings. The minimum Gasteiger partial charge on any atom is -0.457 e. The lowest BCUT2D eigenvalue weighted by atomic mass is 10.2. The molecular weight excluding hydrogens is 278 g/mol. The molecule has 3 heteroatoms. The van der Waals surface area contributed by atoms with Crippen LogP contribution in [0, 0.1) is 0 Å².